The zero-order valence-electron chi connectivity index (χ0n) is 11.6. The highest BCUT2D eigenvalue weighted by molar-refractivity contribution is 5.92. The molecule has 1 heterocycles. The summed E-state index contributed by atoms with van der Waals surface area (Å²) >= 11 is 0. The van der Waals surface area contributed by atoms with Gasteiger partial charge in [0.25, 0.3) is 0 Å². The quantitative estimate of drug-likeness (QED) is 0.925. The molecule has 0 spiro atoms. The largest absolute Gasteiger partial charge is 0.382 e. The molecule has 2 aromatic rings. The van der Waals surface area contributed by atoms with Crippen LogP contribution < -0.4 is 5.32 Å². The molecule has 1 fully saturated rings. The molecule has 1 aromatic heterocycles. The Bertz CT molecular complexity index is 659. The molecule has 1 saturated carbocycles. The average Bonchev–Trinajstić information content (AvgIpc) is 2.90. The van der Waals surface area contributed by atoms with E-state index in [4.69, 9.17) is 0 Å². The number of hydrogen-bond donors (Lipinski definition) is 1. The van der Waals surface area contributed by atoms with Crippen molar-refractivity contribution in [3.8, 4) is 6.07 Å². The minimum atomic E-state index is 0.384. The van der Waals surface area contributed by atoms with Crippen LogP contribution in [0.25, 0.3) is 10.9 Å². The Morgan fingerprint density at radius 1 is 1.30 bits per heavy atom. The van der Waals surface area contributed by atoms with Crippen molar-refractivity contribution in [2.75, 3.05) is 11.9 Å². The maximum atomic E-state index is 9.23. The summed E-state index contributed by atoms with van der Waals surface area (Å²) in [5, 5.41) is 21.8. The van der Waals surface area contributed by atoms with E-state index in [2.05, 4.69) is 28.5 Å². The molecule has 102 valence electrons. The smallest absolute Gasteiger partial charge is 0.186 e. The number of fused-ring (bicyclic) bond motifs is 1. The van der Waals surface area contributed by atoms with Gasteiger partial charge in [0.1, 0.15) is 6.07 Å². The highest BCUT2D eigenvalue weighted by atomic mass is 15.1. The Labute approximate surface area is 118 Å². The van der Waals surface area contributed by atoms with E-state index in [1.165, 1.54) is 19.3 Å². The number of benzene rings is 1. The van der Waals surface area contributed by atoms with Gasteiger partial charge < -0.3 is 5.32 Å². The Hall–Kier alpha value is -2.15. The monoisotopic (exact) mass is 266 g/mol. The molecule has 20 heavy (non-hydrogen) atoms. The third-order valence-corrected chi connectivity index (χ3v) is 4.35. The Kier molecular flexibility index (Phi) is 3.51. The Morgan fingerprint density at radius 3 is 2.90 bits per heavy atom. The van der Waals surface area contributed by atoms with Crippen LogP contribution in [0.5, 0.6) is 0 Å². The fraction of sp³-hybridized carbons (Fsp3) is 0.438. The third kappa shape index (κ3) is 2.32. The lowest BCUT2D eigenvalue weighted by Gasteiger charge is -2.17. The van der Waals surface area contributed by atoms with E-state index in [1.807, 2.05) is 24.3 Å². The van der Waals surface area contributed by atoms with Crippen LogP contribution in [0.15, 0.2) is 24.3 Å². The molecule has 2 unspecified atom stereocenters. The van der Waals surface area contributed by atoms with Gasteiger partial charge >= 0.3 is 0 Å². The minimum absolute atomic E-state index is 0.384. The lowest BCUT2D eigenvalue weighted by atomic mass is 9.98. The first kappa shape index (κ1) is 12.9. The topological polar surface area (TPSA) is 61.6 Å². The van der Waals surface area contributed by atoms with Crippen LogP contribution in [0.2, 0.25) is 0 Å². The molecule has 4 nitrogen and oxygen atoms in total. The van der Waals surface area contributed by atoms with Crippen LogP contribution in [0.4, 0.5) is 5.69 Å². The highest BCUT2D eigenvalue weighted by Gasteiger charge is 2.23. The maximum absolute atomic E-state index is 9.23. The fourth-order valence-corrected chi connectivity index (χ4v) is 3.07. The summed E-state index contributed by atoms with van der Waals surface area (Å²) in [5.41, 5.74) is 2.04. The van der Waals surface area contributed by atoms with Gasteiger partial charge in [-0.25, -0.2) is 0 Å². The number of nitrogens with one attached hydrogen (secondary N) is 1. The molecule has 2 atom stereocenters. The zero-order valence-corrected chi connectivity index (χ0v) is 11.6. The van der Waals surface area contributed by atoms with Gasteiger partial charge in [-0.3, -0.25) is 0 Å². The summed E-state index contributed by atoms with van der Waals surface area (Å²) < 4.78 is 0. The summed E-state index contributed by atoms with van der Waals surface area (Å²) in [6.45, 7) is 3.22. The number of anilines is 1. The predicted octanol–water partition coefficient (Wildman–Crippen LogP) is 3.35. The molecule has 1 aliphatic rings. The van der Waals surface area contributed by atoms with E-state index in [1.54, 1.807) is 0 Å². The molecular formula is C16H18N4. The number of nitriles is 1. The lowest BCUT2D eigenvalue weighted by Crippen LogP contribution is -2.17. The van der Waals surface area contributed by atoms with Crippen molar-refractivity contribution in [1.82, 2.24) is 10.2 Å². The standard InChI is InChI=1S/C16H18N4/c1-11-5-4-6-12(11)10-18-16-13-7-2-3-8-14(13)19-20-15(16)9-17/h2-3,7-8,11-12H,4-6,10H2,1H3,(H,18,19). The minimum Gasteiger partial charge on any atom is -0.382 e. The van der Waals surface area contributed by atoms with Crippen LogP contribution in [0.1, 0.15) is 31.9 Å². The van der Waals surface area contributed by atoms with Crippen LogP contribution in [0, 0.1) is 23.2 Å². The SMILES string of the molecule is CC1CCCC1CNc1c(C#N)nnc2ccccc12. The summed E-state index contributed by atoms with van der Waals surface area (Å²) in [6, 6.07) is 9.96. The Morgan fingerprint density at radius 2 is 2.15 bits per heavy atom. The molecule has 0 amide bonds. The molecule has 0 radical (unpaired) electrons. The van der Waals surface area contributed by atoms with Crippen LogP contribution >= 0.6 is 0 Å². The van der Waals surface area contributed by atoms with Crippen molar-refractivity contribution in [3.05, 3.63) is 30.0 Å². The molecule has 0 bridgehead atoms. The van der Waals surface area contributed by atoms with E-state index < -0.39 is 0 Å². The van der Waals surface area contributed by atoms with Crippen molar-refractivity contribution >= 4 is 16.6 Å². The Balaban J connectivity index is 1.91. The summed E-state index contributed by atoms with van der Waals surface area (Å²) in [4.78, 5) is 0. The first-order chi connectivity index (χ1) is 9.79. The van der Waals surface area contributed by atoms with Crippen LogP contribution in [-0.4, -0.2) is 16.7 Å². The summed E-state index contributed by atoms with van der Waals surface area (Å²) in [7, 11) is 0. The van der Waals surface area contributed by atoms with E-state index in [0.29, 0.717) is 11.6 Å². The molecule has 1 aromatic carbocycles. The average molecular weight is 266 g/mol. The van der Waals surface area contributed by atoms with Crippen molar-refractivity contribution in [2.45, 2.75) is 26.2 Å². The predicted molar refractivity (Wildman–Crippen MR) is 79.2 cm³/mol. The van der Waals surface area contributed by atoms with Crippen molar-refractivity contribution in [3.63, 3.8) is 0 Å². The van der Waals surface area contributed by atoms with Gasteiger partial charge in [0, 0.05) is 11.9 Å². The van der Waals surface area contributed by atoms with E-state index >= 15 is 0 Å². The second-order valence-electron chi connectivity index (χ2n) is 5.60. The molecule has 3 rings (SSSR count). The lowest BCUT2D eigenvalue weighted by molar-refractivity contribution is 0.440. The van der Waals surface area contributed by atoms with Gasteiger partial charge in [-0.15, -0.1) is 10.2 Å². The normalized spacial score (nSPS) is 21.8. The van der Waals surface area contributed by atoms with Crippen LogP contribution in [0.3, 0.4) is 0 Å². The second-order valence-corrected chi connectivity index (χ2v) is 5.60. The number of rotatable bonds is 3. The van der Waals surface area contributed by atoms with Crippen molar-refractivity contribution in [1.29, 1.82) is 5.26 Å². The maximum Gasteiger partial charge on any atom is 0.186 e. The third-order valence-electron chi connectivity index (χ3n) is 4.35. The second kappa shape index (κ2) is 5.46. The van der Waals surface area contributed by atoms with Gasteiger partial charge in [0.15, 0.2) is 5.69 Å². The first-order valence-corrected chi connectivity index (χ1v) is 7.19. The van der Waals surface area contributed by atoms with E-state index in [0.717, 1.165) is 29.1 Å². The number of hydrogen-bond acceptors (Lipinski definition) is 4. The first-order valence-electron chi connectivity index (χ1n) is 7.19. The zero-order chi connectivity index (χ0) is 13.9. The van der Waals surface area contributed by atoms with Gasteiger partial charge in [-0.1, -0.05) is 38.0 Å². The van der Waals surface area contributed by atoms with Gasteiger partial charge in [0.2, 0.25) is 0 Å². The molecular weight excluding hydrogens is 248 g/mol. The van der Waals surface area contributed by atoms with Gasteiger partial charge in [0.05, 0.1) is 11.2 Å². The fourth-order valence-electron chi connectivity index (χ4n) is 3.07. The van der Waals surface area contributed by atoms with E-state index in [-0.39, 0.29) is 0 Å². The summed E-state index contributed by atoms with van der Waals surface area (Å²) in [6.07, 6.45) is 3.90. The van der Waals surface area contributed by atoms with Gasteiger partial charge in [-0.2, -0.15) is 5.26 Å². The molecule has 1 N–H and O–H groups in total. The molecule has 0 saturated heterocycles. The van der Waals surface area contributed by atoms with Crippen LogP contribution in [-0.2, 0) is 0 Å². The number of nitrogens with zero attached hydrogens (tertiary/aromatic N) is 3. The molecule has 4 heteroatoms. The highest BCUT2D eigenvalue weighted by Crippen LogP contribution is 2.32. The number of aromatic nitrogens is 2. The molecule has 0 aliphatic heterocycles. The van der Waals surface area contributed by atoms with Crippen molar-refractivity contribution < 1.29 is 0 Å². The molecule has 1 aliphatic carbocycles. The van der Waals surface area contributed by atoms with Crippen molar-refractivity contribution in [2.24, 2.45) is 11.8 Å². The van der Waals surface area contributed by atoms with E-state index in [9.17, 15) is 5.26 Å². The summed E-state index contributed by atoms with van der Waals surface area (Å²) in [5.74, 6) is 1.45. The van der Waals surface area contributed by atoms with Gasteiger partial charge in [-0.05, 0) is 24.3 Å².